The second-order valence-corrected chi connectivity index (χ2v) is 8.13. The number of rotatable bonds is 7. The molecule has 3 aromatic rings. The lowest BCUT2D eigenvalue weighted by Gasteiger charge is -2.21. The number of halogens is 1. The number of carbonyl (C=O) groups is 2. The number of benzene rings is 2. The average Bonchev–Trinajstić information content (AvgIpc) is 2.92. The minimum absolute atomic E-state index is 0.0964. The summed E-state index contributed by atoms with van der Waals surface area (Å²) in [5.41, 5.74) is 1.94. The number of nitrogens with zero attached hydrogens (tertiary/aromatic N) is 2. The number of anilines is 1. The van der Waals surface area contributed by atoms with Crippen molar-refractivity contribution in [3.63, 3.8) is 0 Å². The van der Waals surface area contributed by atoms with Crippen molar-refractivity contribution < 1.29 is 19.1 Å². The molecule has 0 aliphatic carbocycles. The quantitative estimate of drug-likeness (QED) is 0.513. The molecule has 4 rings (SSSR count). The third-order valence-electron chi connectivity index (χ3n) is 5.11. The van der Waals surface area contributed by atoms with Gasteiger partial charge in [0.1, 0.15) is 11.3 Å². The van der Waals surface area contributed by atoms with Crippen molar-refractivity contribution in [2.24, 2.45) is 0 Å². The Hall–Kier alpha value is -3.39. The van der Waals surface area contributed by atoms with E-state index < -0.39 is 0 Å². The van der Waals surface area contributed by atoms with Gasteiger partial charge in [0.25, 0.3) is 5.91 Å². The van der Waals surface area contributed by atoms with Crippen molar-refractivity contribution in [1.29, 1.82) is 0 Å². The molecule has 0 saturated heterocycles. The topological polar surface area (TPSA) is 80.8 Å². The van der Waals surface area contributed by atoms with Gasteiger partial charge in [-0.25, -0.2) is 4.98 Å². The number of methoxy groups -OCH3 is 1. The van der Waals surface area contributed by atoms with E-state index in [1.807, 2.05) is 36.4 Å². The molecule has 7 nitrogen and oxygen atoms in total. The summed E-state index contributed by atoms with van der Waals surface area (Å²) in [6, 6.07) is 16.4. The van der Waals surface area contributed by atoms with Crippen LogP contribution in [0, 0.1) is 0 Å². The van der Waals surface area contributed by atoms with E-state index in [4.69, 9.17) is 9.47 Å². The number of hydrogen-bond donors (Lipinski definition) is 1. The van der Waals surface area contributed by atoms with Crippen LogP contribution in [-0.4, -0.2) is 30.5 Å². The molecule has 0 bridgehead atoms. The number of para-hydroxylation sites is 2. The Morgan fingerprint density at radius 2 is 2.03 bits per heavy atom. The molecule has 2 amide bonds. The Labute approximate surface area is 194 Å². The van der Waals surface area contributed by atoms with E-state index in [1.165, 1.54) is 0 Å². The molecule has 8 heteroatoms. The van der Waals surface area contributed by atoms with Crippen LogP contribution in [0.1, 0.15) is 28.8 Å². The maximum atomic E-state index is 13.2. The van der Waals surface area contributed by atoms with Crippen molar-refractivity contribution in [1.82, 2.24) is 10.3 Å². The van der Waals surface area contributed by atoms with E-state index in [9.17, 15) is 9.59 Å². The smallest absolute Gasteiger partial charge is 0.263 e. The van der Waals surface area contributed by atoms with Crippen LogP contribution in [0.15, 0.2) is 65.3 Å². The van der Waals surface area contributed by atoms with Crippen molar-refractivity contribution in [2.45, 2.75) is 19.4 Å². The van der Waals surface area contributed by atoms with Gasteiger partial charge in [0.15, 0.2) is 5.75 Å². The molecule has 0 spiro atoms. The van der Waals surface area contributed by atoms with E-state index in [0.717, 1.165) is 10.0 Å². The van der Waals surface area contributed by atoms with Crippen LogP contribution in [0.5, 0.6) is 17.4 Å². The van der Waals surface area contributed by atoms with Crippen LogP contribution >= 0.6 is 15.9 Å². The van der Waals surface area contributed by atoms with Gasteiger partial charge in [0, 0.05) is 35.7 Å². The summed E-state index contributed by atoms with van der Waals surface area (Å²) in [4.78, 5) is 31.5. The van der Waals surface area contributed by atoms with Gasteiger partial charge < -0.3 is 19.7 Å². The highest BCUT2D eigenvalue weighted by Crippen LogP contribution is 2.37. The molecule has 32 heavy (non-hydrogen) atoms. The Bertz CT molecular complexity index is 1150. The first-order valence-electron chi connectivity index (χ1n) is 10.2. The molecule has 2 aromatic carbocycles. The zero-order valence-corrected chi connectivity index (χ0v) is 19.1. The minimum atomic E-state index is -0.197. The molecule has 0 radical (unpaired) electrons. The van der Waals surface area contributed by atoms with Crippen LogP contribution in [0.2, 0.25) is 0 Å². The monoisotopic (exact) mass is 495 g/mol. The molecule has 1 aromatic heterocycles. The van der Waals surface area contributed by atoms with Gasteiger partial charge in [-0.1, -0.05) is 28.1 Å². The maximum absolute atomic E-state index is 13.2. The number of ether oxygens (including phenoxy) is 2. The van der Waals surface area contributed by atoms with Crippen LogP contribution in [0.4, 0.5) is 5.69 Å². The van der Waals surface area contributed by atoms with Gasteiger partial charge in [0.05, 0.1) is 12.8 Å². The first-order valence-corrected chi connectivity index (χ1v) is 11.0. The summed E-state index contributed by atoms with van der Waals surface area (Å²) in [7, 11) is 1.60. The summed E-state index contributed by atoms with van der Waals surface area (Å²) in [6.45, 7) is 0.737. The predicted octanol–water partition coefficient (Wildman–Crippen LogP) is 4.70. The van der Waals surface area contributed by atoms with Gasteiger partial charge in [-0.3, -0.25) is 9.59 Å². The lowest BCUT2D eigenvalue weighted by molar-refractivity contribution is -0.121. The van der Waals surface area contributed by atoms with Gasteiger partial charge in [-0.15, -0.1) is 0 Å². The zero-order chi connectivity index (χ0) is 22.5. The fraction of sp³-hybridized carbons (Fsp3) is 0.208. The summed E-state index contributed by atoms with van der Waals surface area (Å²) in [6.07, 6.45) is 2.37. The summed E-state index contributed by atoms with van der Waals surface area (Å²) in [5.74, 6) is 1.27. The number of carbonyl (C=O) groups excluding carboxylic acids is 2. The number of fused-ring (bicyclic) bond motifs is 2. The summed E-state index contributed by atoms with van der Waals surface area (Å²) >= 11 is 3.44. The molecular formula is C24H22BrN3O4. The van der Waals surface area contributed by atoms with E-state index >= 15 is 0 Å². The second kappa shape index (κ2) is 9.82. The predicted molar refractivity (Wildman–Crippen MR) is 124 cm³/mol. The van der Waals surface area contributed by atoms with Crippen molar-refractivity contribution in [2.75, 3.05) is 18.6 Å². The van der Waals surface area contributed by atoms with E-state index in [0.29, 0.717) is 42.3 Å². The standard InChI is InChI=1S/C24H22BrN3O4/c1-31-20-11-10-17(25)14-16(20)15-27-22(29)9-5-13-28-19-7-2-3-8-21(19)32-23-18(24(28)30)6-4-12-26-23/h2-4,6-8,10-12,14H,5,9,13,15H2,1H3,(H,27,29). The zero-order valence-electron chi connectivity index (χ0n) is 17.5. The van der Waals surface area contributed by atoms with Crippen molar-refractivity contribution >= 4 is 33.4 Å². The Morgan fingerprint density at radius 3 is 2.88 bits per heavy atom. The third-order valence-corrected chi connectivity index (χ3v) is 5.61. The van der Waals surface area contributed by atoms with Crippen LogP contribution in [-0.2, 0) is 11.3 Å². The molecule has 0 unspecified atom stereocenters. The average molecular weight is 496 g/mol. The third kappa shape index (κ3) is 4.75. The van der Waals surface area contributed by atoms with E-state index in [1.54, 1.807) is 36.4 Å². The van der Waals surface area contributed by atoms with Crippen molar-refractivity contribution in [3.05, 3.63) is 76.4 Å². The fourth-order valence-electron chi connectivity index (χ4n) is 3.55. The van der Waals surface area contributed by atoms with Crippen LogP contribution in [0.25, 0.3) is 0 Å². The van der Waals surface area contributed by atoms with Gasteiger partial charge in [0.2, 0.25) is 11.8 Å². The SMILES string of the molecule is COc1ccc(Br)cc1CNC(=O)CCCN1C(=O)c2cccnc2Oc2ccccc21. The molecule has 0 atom stereocenters. The molecule has 164 valence electrons. The number of pyridine rings is 1. The molecule has 0 fully saturated rings. The van der Waals surface area contributed by atoms with Gasteiger partial charge in [-0.05, 0) is 48.9 Å². The highest BCUT2D eigenvalue weighted by Gasteiger charge is 2.28. The van der Waals surface area contributed by atoms with Gasteiger partial charge >= 0.3 is 0 Å². The van der Waals surface area contributed by atoms with E-state index in [-0.39, 0.29) is 24.1 Å². The van der Waals surface area contributed by atoms with Crippen LogP contribution < -0.4 is 19.7 Å². The first-order chi connectivity index (χ1) is 15.6. The Kier molecular flexibility index (Phi) is 6.70. The Balaban J connectivity index is 1.40. The van der Waals surface area contributed by atoms with Crippen LogP contribution in [0.3, 0.4) is 0 Å². The number of hydrogen-bond acceptors (Lipinski definition) is 5. The first kappa shape index (κ1) is 21.8. The normalized spacial score (nSPS) is 12.3. The maximum Gasteiger partial charge on any atom is 0.263 e. The largest absolute Gasteiger partial charge is 0.496 e. The Morgan fingerprint density at radius 1 is 1.19 bits per heavy atom. The second-order valence-electron chi connectivity index (χ2n) is 7.22. The highest BCUT2D eigenvalue weighted by atomic mass is 79.9. The van der Waals surface area contributed by atoms with Crippen molar-refractivity contribution in [3.8, 4) is 17.4 Å². The molecule has 2 heterocycles. The lowest BCUT2D eigenvalue weighted by atomic mass is 10.1. The number of nitrogens with one attached hydrogen (secondary N) is 1. The molecule has 1 N–H and O–H groups in total. The summed E-state index contributed by atoms with van der Waals surface area (Å²) in [5, 5.41) is 2.92. The number of amides is 2. The molecular weight excluding hydrogens is 474 g/mol. The number of aromatic nitrogens is 1. The summed E-state index contributed by atoms with van der Waals surface area (Å²) < 4.78 is 12.1. The molecule has 1 aliphatic rings. The fourth-order valence-corrected chi connectivity index (χ4v) is 3.96. The highest BCUT2D eigenvalue weighted by molar-refractivity contribution is 9.10. The van der Waals surface area contributed by atoms with E-state index in [2.05, 4.69) is 26.2 Å². The minimum Gasteiger partial charge on any atom is -0.496 e. The molecule has 1 aliphatic heterocycles. The lowest BCUT2D eigenvalue weighted by Crippen LogP contribution is -2.32. The molecule has 0 saturated carbocycles. The van der Waals surface area contributed by atoms with Gasteiger partial charge in [-0.2, -0.15) is 0 Å².